The summed E-state index contributed by atoms with van der Waals surface area (Å²) in [4.78, 5) is 11.1. The van der Waals surface area contributed by atoms with Crippen molar-refractivity contribution in [2.24, 2.45) is 0 Å². The number of rotatable bonds is 9. The molecule has 0 aliphatic carbocycles. The van der Waals surface area contributed by atoms with Crippen molar-refractivity contribution < 1.29 is 5.11 Å². The molecule has 4 aromatic carbocycles. The Hall–Kier alpha value is -3.53. The molecule has 0 atom stereocenters. The van der Waals surface area contributed by atoms with E-state index in [1.54, 1.807) is 20.7 Å². The van der Waals surface area contributed by atoms with Crippen molar-refractivity contribution in [3.05, 3.63) is 129 Å². The number of nitrogens with zero attached hydrogens (tertiary/aromatic N) is 4. The maximum Gasteiger partial charge on any atom is 0.124 e. The maximum absolute atomic E-state index is 11.8. The second-order valence-electron chi connectivity index (χ2n) is 12.3. The van der Waals surface area contributed by atoms with Gasteiger partial charge in [-0.3, -0.25) is 9.80 Å². The van der Waals surface area contributed by atoms with E-state index in [4.69, 9.17) is 12.2 Å². The lowest BCUT2D eigenvalue weighted by Gasteiger charge is -2.37. The SMILES string of the molecule is Oc1c(CN2CCN(c3ccccc3)CC2)cc(-c2ssc(=S)c2Cc2ccccc2)cc1CN1CCN(c2ccccc2)CC1. The lowest BCUT2D eigenvalue weighted by atomic mass is 9.98. The molecule has 0 bridgehead atoms. The van der Waals surface area contributed by atoms with E-state index in [0.29, 0.717) is 5.75 Å². The van der Waals surface area contributed by atoms with Crippen molar-refractivity contribution in [2.45, 2.75) is 19.5 Å². The van der Waals surface area contributed by atoms with Crippen molar-refractivity contribution in [1.29, 1.82) is 0 Å². The Labute approximate surface area is 285 Å². The van der Waals surface area contributed by atoms with Gasteiger partial charge in [-0.2, -0.15) is 0 Å². The first kappa shape index (κ1) is 31.1. The monoisotopic (exact) mass is 664 g/mol. The molecule has 3 heterocycles. The second kappa shape index (κ2) is 14.5. The van der Waals surface area contributed by atoms with Gasteiger partial charge >= 0.3 is 0 Å². The highest BCUT2D eigenvalue weighted by atomic mass is 32.9. The van der Waals surface area contributed by atoms with Crippen molar-refractivity contribution in [3.63, 3.8) is 0 Å². The van der Waals surface area contributed by atoms with Gasteiger partial charge in [0, 0.05) is 99.9 Å². The highest BCUT2D eigenvalue weighted by Crippen LogP contribution is 2.40. The number of benzene rings is 4. The first-order valence-corrected chi connectivity index (χ1v) is 18.7. The summed E-state index contributed by atoms with van der Waals surface area (Å²) in [5.41, 5.74) is 8.27. The molecule has 1 N–H and O–H groups in total. The van der Waals surface area contributed by atoms with Gasteiger partial charge in [0.1, 0.15) is 9.57 Å². The maximum atomic E-state index is 11.8. The molecule has 5 aromatic rings. The molecule has 5 nitrogen and oxygen atoms in total. The summed E-state index contributed by atoms with van der Waals surface area (Å²) in [6.07, 6.45) is 0.823. The fourth-order valence-corrected chi connectivity index (χ4v) is 9.57. The van der Waals surface area contributed by atoms with Crippen molar-refractivity contribution in [3.8, 4) is 16.2 Å². The van der Waals surface area contributed by atoms with Crippen LogP contribution >= 0.6 is 32.9 Å². The standard InChI is InChI=1S/C38H40N4OS3/c43-36-31(27-39-16-20-41(21-17-39)33-12-6-2-7-13-33)25-30(37-35(38(44)46-45-37)24-29-10-4-1-5-11-29)26-32(36)28-40-18-22-42(23-19-40)34-14-8-3-9-15-34/h1-15,25-26,43H,16-24,27-28H2. The topological polar surface area (TPSA) is 33.2 Å². The summed E-state index contributed by atoms with van der Waals surface area (Å²) >= 11 is 5.88. The van der Waals surface area contributed by atoms with Crippen LogP contribution in [-0.4, -0.2) is 67.3 Å². The van der Waals surface area contributed by atoms with E-state index in [0.717, 1.165) is 86.8 Å². The molecular weight excluding hydrogens is 625 g/mol. The minimum Gasteiger partial charge on any atom is -0.507 e. The number of aromatic hydroxyl groups is 1. The lowest BCUT2D eigenvalue weighted by Crippen LogP contribution is -2.46. The predicted molar refractivity (Wildman–Crippen MR) is 197 cm³/mol. The number of hydrogen-bond donors (Lipinski definition) is 1. The van der Waals surface area contributed by atoms with Crippen molar-refractivity contribution in [2.75, 3.05) is 62.2 Å². The van der Waals surface area contributed by atoms with E-state index in [2.05, 4.69) is 123 Å². The highest BCUT2D eigenvalue weighted by molar-refractivity contribution is 7.80. The highest BCUT2D eigenvalue weighted by Gasteiger charge is 2.24. The Balaban J connectivity index is 1.14. The lowest BCUT2D eigenvalue weighted by molar-refractivity contribution is 0.240. The van der Waals surface area contributed by atoms with Gasteiger partial charge in [-0.25, -0.2) is 0 Å². The van der Waals surface area contributed by atoms with E-state index in [-0.39, 0.29) is 0 Å². The van der Waals surface area contributed by atoms with Crippen LogP contribution in [-0.2, 0) is 19.5 Å². The Bertz CT molecular complexity index is 1690. The zero-order chi connectivity index (χ0) is 31.3. The molecule has 236 valence electrons. The van der Waals surface area contributed by atoms with Crippen molar-refractivity contribution in [1.82, 2.24) is 9.80 Å². The molecular formula is C38H40N4OS3. The third kappa shape index (κ3) is 7.22. The molecule has 8 heteroatoms. The van der Waals surface area contributed by atoms with Crippen LogP contribution < -0.4 is 9.80 Å². The zero-order valence-corrected chi connectivity index (χ0v) is 28.5. The van der Waals surface area contributed by atoms with Crippen LogP contribution in [0.2, 0.25) is 0 Å². The van der Waals surface area contributed by atoms with E-state index >= 15 is 0 Å². The van der Waals surface area contributed by atoms with Gasteiger partial charge in [0.15, 0.2) is 0 Å². The molecule has 2 saturated heterocycles. The molecule has 2 aliphatic rings. The molecule has 0 spiro atoms. The number of anilines is 2. The number of phenolic OH excluding ortho intramolecular Hbond substituents is 1. The first-order valence-electron chi connectivity index (χ1n) is 16.2. The van der Waals surface area contributed by atoms with Crippen LogP contribution in [0, 0.1) is 3.82 Å². The molecule has 0 unspecified atom stereocenters. The summed E-state index contributed by atoms with van der Waals surface area (Å²) in [5, 5.41) is 11.8. The molecule has 0 amide bonds. The largest absolute Gasteiger partial charge is 0.507 e. The molecule has 2 fully saturated rings. The fraction of sp³-hybridized carbons (Fsp3) is 0.289. The molecule has 46 heavy (non-hydrogen) atoms. The second-order valence-corrected chi connectivity index (χ2v) is 15.1. The van der Waals surface area contributed by atoms with Gasteiger partial charge in [0.25, 0.3) is 0 Å². The Kier molecular flexibility index (Phi) is 9.79. The summed E-state index contributed by atoms with van der Waals surface area (Å²) in [7, 11) is 3.47. The first-order chi connectivity index (χ1) is 22.6. The summed E-state index contributed by atoms with van der Waals surface area (Å²) in [6.45, 7) is 9.26. The van der Waals surface area contributed by atoms with Gasteiger partial charge in [0.2, 0.25) is 0 Å². The molecule has 0 saturated carbocycles. The molecule has 2 aliphatic heterocycles. The number of piperazine rings is 2. The van der Waals surface area contributed by atoms with E-state index in [9.17, 15) is 5.11 Å². The smallest absolute Gasteiger partial charge is 0.124 e. The van der Waals surface area contributed by atoms with Crippen LogP contribution in [0.25, 0.3) is 10.4 Å². The van der Waals surface area contributed by atoms with Crippen LogP contribution in [0.3, 0.4) is 0 Å². The van der Waals surface area contributed by atoms with Gasteiger partial charge in [0.05, 0.1) is 4.88 Å². The number of para-hydroxylation sites is 2. The van der Waals surface area contributed by atoms with Crippen LogP contribution in [0.4, 0.5) is 11.4 Å². The molecule has 7 rings (SSSR count). The Morgan fingerprint density at radius 2 is 1.04 bits per heavy atom. The number of hydrogen-bond acceptors (Lipinski definition) is 8. The van der Waals surface area contributed by atoms with Gasteiger partial charge in [-0.05, 0) is 47.5 Å². The average molecular weight is 665 g/mol. The van der Waals surface area contributed by atoms with E-state index in [1.165, 1.54) is 32.9 Å². The van der Waals surface area contributed by atoms with Crippen LogP contribution in [0.1, 0.15) is 22.3 Å². The summed E-state index contributed by atoms with van der Waals surface area (Å²) in [5.74, 6) is 0.447. The molecule has 0 radical (unpaired) electrons. The van der Waals surface area contributed by atoms with Crippen LogP contribution in [0.15, 0.2) is 103 Å². The van der Waals surface area contributed by atoms with E-state index < -0.39 is 0 Å². The minimum atomic E-state index is 0.447. The zero-order valence-electron chi connectivity index (χ0n) is 26.1. The van der Waals surface area contributed by atoms with Crippen LogP contribution in [0.5, 0.6) is 5.75 Å². The minimum absolute atomic E-state index is 0.447. The van der Waals surface area contributed by atoms with Gasteiger partial charge < -0.3 is 14.9 Å². The molecule has 1 aromatic heterocycles. The van der Waals surface area contributed by atoms with Crippen molar-refractivity contribution >= 4 is 44.3 Å². The Morgan fingerprint density at radius 1 is 0.587 bits per heavy atom. The quantitative estimate of drug-likeness (QED) is 0.127. The fourth-order valence-electron chi connectivity index (χ4n) is 6.67. The normalized spacial score (nSPS) is 16.2. The third-order valence-corrected chi connectivity index (χ3v) is 12.4. The van der Waals surface area contributed by atoms with Gasteiger partial charge in [-0.15, -0.1) is 0 Å². The van der Waals surface area contributed by atoms with E-state index in [1.807, 2.05) is 0 Å². The average Bonchev–Trinajstić information content (AvgIpc) is 3.47. The Morgan fingerprint density at radius 3 is 1.52 bits per heavy atom. The summed E-state index contributed by atoms with van der Waals surface area (Å²) in [6, 6.07) is 36.5. The third-order valence-electron chi connectivity index (χ3n) is 9.25. The predicted octanol–water partition coefficient (Wildman–Crippen LogP) is 8.15. The number of phenols is 1. The summed E-state index contributed by atoms with van der Waals surface area (Å²) < 4.78 is 0.967. The van der Waals surface area contributed by atoms with Gasteiger partial charge in [-0.1, -0.05) is 99.6 Å².